The molecule has 7 heteroatoms. The normalized spacial score (nSPS) is 35.1. The van der Waals surface area contributed by atoms with Crippen LogP contribution in [0.3, 0.4) is 0 Å². The fourth-order valence-electron chi connectivity index (χ4n) is 7.21. The van der Waals surface area contributed by atoms with Gasteiger partial charge in [-0.25, -0.2) is 8.42 Å². The highest BCUT2D eigenvalue weighted by Gasteiger charge is 2.54. The molecule has 1 atom stereocenters. The van der Waals surface area contributed by atoms with E-state index >= 15 is 0 Å². The van der Waals surface area contributed by atoms with Gasteiger partial charge < -0.3 is 9.73 Å². The zero-order chi connectivity index (χ0) is 21.2. The van der Waals surface area contributed by atoms with Crippen molar-refractivity contribution in [3.8, 4) is 0 Å². The minimum atomic E-state index is -3.65. The van der Waals surface area contributed by atoms with E-state index in [1.807, 2.05) is 18.2 Å². The molecular formula is C24H30N2O4S. The third kappa shape index (κ3) is 3.32. The lowest BCUT2D eigenvalue weighted by molar-refractivity contribution is -0.146. The predicted octanol–water partition coefficient (Wildman–Crippen LogP) is 3.78. The molecule has 5 aliphatic rings. The summed E-state index contributed by atoms with van der Waals surface area (Å²) in [5.41, 5.74) is 0.438. The maximum atomic E-state index is 13.2. The first-order chi connectivity index (χ1) is 14.9. The highest BCUT2D eigenvalue weighted by atomic mass is 32.2. The Labute approximate surface area is 183 Å². The number of carbonyl (C=O) groups excluding carboxylic acids is 1. The topological polar surface area (TPSA) is 79.6 Å². The second-order valence-corrected chi connectivity index (χ2v) is 12.4. The first-order valence-corrected chi connectivity index (χ1v) is 13.1. The smallest absolute Gasteiger partial charge is 0.276 e. The van der Waals surface area contributed by atoms with Crippen LogP contribution < -0.4 is 5.32 Å². The summed E-state index contributed by atoms with van der Waals surface area (Å²) in [5, 5.41) is 4.03. The molecule has 1 aromatic carbocycles. The van der Waals surface area contributed by atoms with Crippen LogP contribution in [0.15, 0.2) is 39.8 Å². The average Bonchev–Trinajstić information content (AvgIpc) is 3.39. The molecule has 1 saturated heterocycles. The number of nitrogens with zero attached hydrogens (tertiary/aromatic N) is 1. The number of fused-ring (bicyclic) bond motifs is 1. The molecule has 4 bridgehead atoms. The molecule has 6 nitrogen and oxygen atoms in total. The van der Waals surface area contributed by atoms with E-state index in [0.717, 1.165) is 48.8 Å². The van der Waals surface area contributed by atoms with Gasteiger partial charge in [0.05, 0.1) is 0 Å². The lowest BCUT2D eigenvalue weighted by atomic mass is 9.49. The van der Waals surface area contributed by atoms with Crippen LogP contribution >= 0.6 is 0 Å². The second-order valence-electron chi connectivity index (χ2n) is 10.5. The highest BCUT2D eigenvalue weighted by molar-refractivity contribution is 7.89. The number of amides is 1. The van der Waals surface area contributed by atoms with Gasteiger partial charge in [-0.2, -0.15) is 4.31 Å². The predicted molar refractivity (Wildman–Crippen MR) is 117 cm³/mol. The minimum Gasteiger partial charge on any atom is -0.443 e. The first-order valence-electron chi connectivity index (χ1n) is 11.7. The Bertz CT molecular complexity index is 1050. The monoisotopic (exact) mass is 442 g/mol. The van der Waals surface area contributed by atoms with Gasteiger partial charge in [0, 0.05) is 36.5 Å². The van der Waals surface area contributed by atoms with Crippen LogP contribution in [0.25, 0.3) is 11.0 Å². The summed E-state index contributed by atoms with van der Waals surface area (Å²) < 4.78 is 33.2. The van der Waals surface area contributed by atoms with Crippen molar-refractivity contribution in [3.05, 3.63) is 30.3 Å². The average molecular weight is 443 g/mol. The molecule has 7 rings (SSSR count). The minimum absolute atomic E-state index is 0.00644. The summed E-state index contributed by atoms with van der Waals surface area (Å²) in [6.45, 7) is 1.46. The summed E-state index contributed by atoms with van der Waals surface area (Å²) >= 11 is 0. The molecule has 1 N–H and O–H groups in total. The van der Waals surface area contributed by atoms with Gasteiger partial charge in [-0.05, 0) is 74.7 Å². The quantitative estimate of drug-likeness (QED) is 0.764. The van der Waals surface area contributed by atoms with Crippen molar-refractivity contribution in [2.45, 2.75) is 50.0 Å². The summed E-state index contributed by atoms with van der Waals surface area (Å²) in [4.78, 5) is 13.2. The number of nitrogens with one attached hydrogen (secondary N) is 1. The number of hydrogen-bond acceptors (Lipinski definition) is 4. The molecule has 1 aliphatic heterocycles. The van der Waals surface area contributed by atoms with E-state index < -0.39 is 10.0 Å². The molecule has 4 saturated carbocycles. The van der Waals surface area contributed by atoms with Crippen LogP contribution in [-0.4, -0.2) is 38.3 Å². The molecule has 166 valence electrons. The van der Waals surface area contributed by atoms with E-state index in [4.69, 9.17) is 4.42 Å². The molecule has 0 radical (unpaired) electrons. The molecule has 2 aromatic rings. The maximum Gasteiger partial charge on any atom is 0.276 e. The zero-order valence-electron chi connectivity index (χ0n) is 17.8. The van der Waals surface area contributed by atoms with Gasteiger partial charge in [0.25, 0.3) is 10.0 Å². The van der Waals surface area contributed by atoms with E-state index in [9.17, 15) is 13.2 Å². The van der Waals surface area contributed by atoms with Gasteiger partial charge in [0.15, 0.2) is 0 Å². The molecule has 0 spiro atoms. The van der Waals surface area contributed by atoms with Crippen LogP contribution in [0.4, 0.5) is 0 Å². The van der Waals surface area contributed by atoms with Crippen molar-refractivity contribution in [3.63, 3.8) is 0 Å². The van der Waals surface area contributed by atoms with Gasteiger partial charge in [0.2, 0.25) is 11.0 Å². The molecule has 31 heavy (non-hydrogen) atoms. The van der Waals surface area contributed by atoms with E-state index in [2.05, 4.69) is 5.32 Å². The Morgan fingerprint density at radius 2 is 1.77 bits per heavy atom. The molecule has 2 heterocycles. The second kappa shape index (κ2) is 7.07. The number of hydrogen-bond donors (Lipinski definition) is 1. The van der Waals surface area contributed by atoms with Crippen LogP contribution in [0.2, 0.25) is 0 Å². The van der Waals surface area contributed by atoms with Crippen molar-refractivity contribution in [1.82, 2.24) is 9.62 Å². The van der Waals surface area contributed by atoms with Crippen LogP contribution in [0.1, 0.15) is 44.9 Å². The molecule has 1 unspecified atom stereocenters. The maximum absolute atomic E-state index is 13.2. The fourth-order valence-corrected chi connectivity index (χ4v) is 8.69. The number of furan rings is 1. The number of sulfonamides is 1. The largest absolute Gasteiger partial charge is 0.443 e. The van der Waals surface area contributed by atoms with E-state index in [1.54, 1.807) is 12.1 Å². The Balaban J connectivity index is 1.10. The van der Waals surface area contributed by atoms with Crippen molar-refractivity contribution < 1.29 is 17.6 Å². The standard InChI is InChI=1S/C24H30N2O4S/c27-23(24-11-17-7-18(12-24)9-19(8-17)13-24)25-14-16-5-6-26(15-16)31(28,29)22-10-20-3-1-2-4-21(20)30-22/h1-4,10,16-19H,5-9,11-15H2,(H,25,27). The third-order valence-corrected chi connectivity index (χ3v) is 10.0. The fraction of sp³-hybridized carbons (Fsp3) is 0.625. The first kappa shape index (κ1) is 19.8. The zero-order valence-corrected chi connectivity index (χ0v) is 18.6. The van der Waals surface area contributed by atoms with E-state index in [1.165, 1.54) is 23.6 Å². The van der Waals surface area contributed by atoms with E-state index in [-0.39, 0.29) is 22.3 Å². The summed E-state index contributed by atoms with van der Waals surface area (Å²) in [6.07, 6.45) is 7.91. The Morgan fingerprint density at radius 3 is 2.45 bits per heavy atom. The Hall–Kier alpha value is -1.86. The van der Waals surface area contributed by atoms with Crippen molar-refractivity contribution in [2.24, 2.45) is 29.1 Å². The van der Waals surface area contributed by atoms with Crippen LogP contribution in [-0.2, 0) is 14.8 Å². The van der Waals surface area contributed by atoms with Crippen LogP contribution in [0.5, 0.6) is 0 Å². The van der Waals surface area contributed by atoms with Crippen molar-refractivity contribution in [1.29, 1.82) is 0 Å². The molecule has 4 aliphatic carbocycles. The Kier molecular flexibility index (Phi) is 4.52. The number of carbonyl (C=O) groups is 1. The summed E-state index contributed by atoms with van der Waals surface area (Å²) in [6, 6.07) is 8.94. The molecular weight excluding hydrogens is 412 g/mol. The van der Waals surface area contributed by atoms with E-state index in [0.29, 0.717) is 25.2 Å². The lowest BCUT2D eigenvalue weighted by Crippen LogP contribution is -2.54. The van der Waals surface area contributed by atoms with Gasteiger partial charge >= 0.3 is 0 Å². The number of benzene rings is 1. The molecule has 5 fully saturated rings. The summed E-state index contributed by atoms with van der Waals surface area (Å²) in [7, 11) is -3.65. The highest BCUT2D eigenvalue weighted by Crippen LogP contribution is 2.60. The van der Waals surface area contributed by atoms with Crippen molar-refractivity contribution in [2.75, 3.05) is 19.6 Å². The van der Waals surface area contributed by atoms with Gasteiger partial charge in [-0.1, -0.05) is 18.2 Å². The van der Waals surface area contributed by atoms with Gasteiger partial charge in [0.1, 0.15) is 5.58 Å². The number of rotatable bonds is 5. The van der Waals surface area contributed by atoms with Gasteiger partial charge in [-0.3, -0.25) is 4.79 Å². The van der Waals surface area contributed by atoms with Crippen molar-refractivity contribution >= 4 is 26.9 Å². The molecule has 1 aromatic heterocycles. The van der Waals surface area contributed by atoms with Gasteiger partial charge in [-0.15, -0.1) is 0 Å². The lowest BCUT2D eigenvalue weighted by Gasteiger charge is -2.55. The van der Waals surface area contributed by atoms with Crippen LogP contribution in [0, 0.1) is 29.1 Å². The SMILES string of the molecule is O=C(NCC1CCN(S(=O)(=O)c2cc3ccccc3o2)C1)C12CC3CC(CC(C3)C1)C2. The Morgan fingerprint density at radius 1 is 1.10 bits per heavy atom. The third-order valence-electron chi connectivity index (χ3n) is 8.32. The summed E-state index contributed by atoms with van der Waals surface area (Å²) in [5.74, 6) is 2.61. The molecule has 1 amide bonds. The number of para-hydroxylation sites is 1.